The SMILES string of the molecule is COc1ccc(CN(C[C@H](O[Si](C)(C)C(C)(C)C)C2CC2)C(C)c2nc(Br)ccc2F)cc1. The summed E-state index contributed by atoms with van der Waals surface area (Å²) in [6.45, 7) is 14.9. The van der Waals surface area contributed by atoms with E-state index in [4.69, 9.17) is 9.16 Å². The third-order valence-corrected chi connectivity index (χ3v) is 12.1. The molecular formula is C26H38BrFN2O2Si. The monoisotopic (exact) mass is 536 g/mol. The number of rotatable bonds is 10. The Labute approximate surface area is 208 Å². The van der Waals surface area contributed by atoms with Crippen molar-refractivity contribution < 1.29 is 13.6 Å². The van der Waals surface area contributed by atoms with Crippen LogP contribution in [0.25, 0.3) is 0 Å². The summed E-state index contributed by atoms with van der Waals surface area (Å²) in [7, 11) is -0.266. The molecule has 2 aromatic rings. The number of hydrogen-bond acceptors (Lipinski definition) is 4. The molecule has 0 aliphatic heterocycles. The number of hydrogen-bond donors (Lipinski definition) is 0. The number of aromatic nitrogens is 1. The summed E-state index contributed by atoms with van der Waals surface area (Å²) >= 11 is 3.41. The molecule has 0 N–H and O–H groups in total. The molecule has 3 rings (SSSR count). The maximum atomic E-state index is 14.8. The lowest BCUT2D eigenvalue weighted by Gasteiger charge is -2.41. The zero-order valence-electron chi connectivity index (χ0n) is 21.0. The highest BCUT2D eigenvalue weighted by atomic mass is 79.9. The molecule has 1 aromatic carbocycles. The summed E-state index contributed by atoms with van der Waals surface area (Å²) in [5, 5.41) is 0.143. The van der Waals surface area contributed by atoms with Gasteiger partial charge >= 0.3 is 0 Å². The first-order valence-corrected chi connectivity index (χ1v) is 15.5. The molecule has 7 heteroatoms. The van der Waals surface area contributed by atoms with Gasteiger partial charge in [0.15, 0.2) is 8.32 Å². The Balaban J connectivity index is 1.89. The molecule has 4 nitrogen and oxygen atoms in total. The largest absolute Gasteiger partial charge is 0.497 e. The van der Waals surface area contributed by atoms with Gasteiger partial charge in [0.05, 0.1) is 24.9 Å². The third-order valence-electron chi connectivity index (χ3n) is 7.14. The van der Waals surface area contributed by atoms with Gasteiger partial charge in [0, 0.05) is 13.1 Å². The molecule has 182 valence electrons. The average molecular weight is 538 g/mol. The molecule has 1 aromatic heterocycles. The Morgan fingerprint density at radius 1 is 1.15 bits per heavy atom. The number of nitrogens with zero attached hydrogens (tertiary/aromatic N) is 2. The fourth-order valence-electron chi connectivity index (χ4n) is 3.76. The van der Waals surface area contributed by atoms with E-state index in [0.29, 0.717) is 22.8 Å². The van der Waals surface area contributed by atoms with Gasteiger partial charge in [-0.1, -0.05) is 32.9 Å². The van der Waals surface area contributed by atoms with E-state index in [-0.39, 0.29) is 23.0 Å². The molecule has 0 spiro atoms. The van der Waals surface area contributed by atoms with Crippen molar-refractivity contribution >= 4 is 24.2 Å². The van der Waals surface area contributed by atoms with Crippen molar-refractivity contribution in [2.75, 3.05) is 13.7 Å². The van der Waals surface area contributed by atoms with E-state index in [0.717, 1.165) is 17.9 Å². The second-order valence-corrected chi connectivity index (χ2v) is 16.3. The molecule has 1 saturated carbocycles. The van der Waals surface area contributed by atoms with Gasteiger partial charge in [-0.25, -0.2) is 9.37 Å². The van der Waals surface area contributed by atoms with Crippen molar-refractivity contribution in [3.05, 3.63) is 58.1 Å². The standard InChI is InChI=1S/C26H38BrFN2O2Si/c1-18(25-22(28)14-15-24(27)29-25)30(16-19-8-12-21(31-5)13-9-19)17-23(20-10-11-20)32-33(6,7)26(2,3)4/h8-9,12-15,18,20,23H,10-11,16-17H2,1-7H3/t18?,23-/m0/s1. The molecule has 0 saturated heterocycles. The molecule has 33 heavy (non-hydrogen) atoms. The van der Waals surface area contributed by atoms with Crippen LogP contribution in [0.4, 0.5) is 4.39 Å². The minimum atomic E-state index is -1.94. The summed E-state index contributed by atoms with van der Waals surface area (Å²) in [4.78, 5) is 6.81. The lowest BCUT2D eigenvalue weighted by molar-refractivity contribution is 0.0765. The average Bonchev–Trinajstić information content (AvgIpc) is 3.59. The van der Waals surface area contributed by atoms with Crippen molar-refractivity contribution in [3.8, 4) is 5.75 Å². The number of ether oxygens (including phenoxy) is 1. The van der Waals surface area contributed by atoms with Gasteiger partial charge in [0.1, 0.15) is 16.2 Å². The van der Waals surface area contributed by atoms with E-state index in [1.165, 1.54) is 18.9 Å². The molecule has 1 aliphatic rings. The Morgan fingerprint density at radius 2 is 1.79 bits per heavy atom. The number of halogens is 2. The zero-order chi connectivity index (χ0) is 24.4. The fourth-order valence-corrected chi connectivity index (χ4v) is 5.46. The summed E-state index contributed by atoms with van der Waals surface area (Å²) in [5.41, 5.74) is 1.61. The molecule has 2 atom stereocenters. The third kappa shape index (κ3) is 6.87. The first kappa shape index (κ1) is 26.3. The van der Waals surface area contributed by atoms with Crippen molar-refractivity contribution in [1.29, 1.82) is 0 Å². The number of methoxy groups -OCH3 is 1. The van der Waals surface area contributed by atoms with Crippen LogP contribution in [0.3, 0.4) is 0 Å². The van der Waals surface area contributed by atoms with Crippen LogP contribution in [0.1, 0.15) is 57.8 Å². The van der Waals surface area contributed by atoms with Crippen molar-refractivity contribution in [2.24, 2.45) is 5.92 Å². The van der Waals surface area contributed by atoms with Crippen LogP contribution in [-0.4, -0.2) is 38.0 Å². The van der Waals surface area contributed by atoms with Gasteiger partial charge < -0.3 is 9.16 Å². The van der Waals surface area contributed by atoms with Crippen LogP contribution in [0.15, 0.2) is 41.0 Å². The molecule has 1 unspecified atom stereocenters. The Bertz CT molecular complexity index is 929. The second-order valence-electron chi connectivity index (χ2n) is 10.7. The topological polar surface area (TPSA) is 34.6 Å². The second kappa shape index (κ2) is 10.5. The maximum absolute atomic E-state index is 14.8. The highest BCUT2D eigenvalue weighted by Crippen LogP contribution is 2.43. The van der Waals surface area contributed by atoms with E-state index in [1.54, 1.807) is 13.2 Å². The summed E-state index contributed by atoms with van der Waals surface area (Å²) in [5.74, 6) is 1.12. The lowest BCUT2D eigenvalue weighted by Crippen LogP contribution is -2.48. The van der Waals surface area contributed by atoms with Crippen LogP contribution in [0.2, 0.25) is 18.1 Å². The molecule has 1 aliphatic carbocycles. The van der Waals surface area contributed by atoms with Gasteiger partial charge in [-0.2, -0.15) is 0 Å². The zero-order valence-corrected chi connectivity index (χ0v) is 23.6. The van der Waals surface area contributed by atoms with Gasteiger partial charge in [-0.05, 0) is 89.6 Å². The maximum Gasteiger partial charge on any atom is 0.192 e. The van der Waals surface area contributed by atoms with Crippen molar-refractivity contribution in [1.82, 2.24) is 9.88 Å². The van der Waals surface area contributed by atoms with Crippen LogP contribution >= 0.6 is 15.9 Å². The van der Waals surface area contributed by atoms with E-state index in [2.05, 4.69) is 71.8 Å². The van der Waals surface area contributed by atoms with Crippen LogP contribution < -0.4 is 4.74 Å². The number of benzene rings is 1. The first-order valence-electron chi connectivity index (χ1n) is 11.8. The van der Waals surface area contributed by atoms with E-state index in [1.807, 2.05) is 19.1 Å². The Hall–Kier alpha value is -1.28. The molecule has 0 amide bonds. The first-order chi connectivity index (χ1) is 15.4. The highest BCUT2D eigenvalue weighted by Gasteiger charge is 2.43. The summed E-state index contributed by atoms with van der Waals surface area (Å²) in [6, 6.07) is 11.0. The fraction of sp³-hybridized carbons (Fsp3) is 0.577. The van der Waals surface area contributed by atoms with E-state index in [9.17, 15) is 4.39 Å². The van der Waals surface area contributed by atoms with Gasteiger partial charge in [-0.15, -0.1) is 0 Å². The minimum Gasteiger partial charge on any atom is -0.497 e. The van der Waals surface area contributed by atoms with Crippen LogP contribution in [0, 0.1) is 11.7 Å². The quantitative estimate of drug-likeness (QED) is 0.234. The molecule has 0 radical (unpaired) electrons. The Kier molecular flexibility index (Phi) is 8.41. The van der Waals surface area contributed by atoms with E-state index < -0.39 is 8.32 Å². The minimum absolute atomic E-state index is 0.141. The molecular weight excluding hydrogens is 499 g/mol. The van der Waals surface area contributed by atoms with Crippen molar-refractivity contribution in [2.45, 2.75) is 77.4 Å². The molecule has 0 bridgehead atoms. The van der Waals surface area contributed by atoms with Crippen LogP contribution in [-0.2, 0) is 11.0 Å². The van der Waals surface area contributed by atoms with Gasteiger partial charge in [0.2, 0.25) is 0 Å². The van der Waals surface area contributed by atoms with E-state index >= 15 is 0 Å². The highest BCUT2D eigenvalue weighted by molar-refractivity contribution is 9.10. The summed E-state index contributed by atoms with van der Waals surface area (Å²) < 4.78 is 27.7. The van der Waals surface area contributed by atoms with Crippen LogP contribution in [0.5, 0.6) is 5.75 Å². The Morgan fingerprint density at radius 3 is 2.33 bits per heavy atom. The molecule has 1 heterocycles. The predicted molar refractivity (Wildman–Crippen MR) is 139 cm³/mol. The summed E-state index contributed by atoms with van der Waals surface area (Å²) in [6.07, 6.45) is 2.54. The van der Waals surface area contributed by atoms with Gasteiger partial charge in [-0.3, -0.25) is 4.90 Å². The smallest absolute Gasteiger partial charge is 0.192 e. The number of pyridine rings is 1. The molecule has 1 fully saturated rings. The normalized spacial score (nSPS) is 16.7. The van der Waals surface area contributed by atoms with Gasteiger partial charge in [0.25, 0.3) is 0 Å². The van der Waals surface area contributed by atoms with Crippen molar-refractivity contribution in [3.63, 3.8) is 0 Å². The predicted octanol–water partition coefficient (Wildman–Crippen LogP) is 7.36. The lowest BCUT2D eigenvalue weighted by atomic mass is 10.1.